The van der Waals surface area contributed by atoms with Gasteiger partial charge in [0.25, 0.3) is 5.91 Å². The largest absolute Gasteiger partial charge is 0.493 e. The van der Waals surface area contributed by atoms with Crippen molar-refractivity contribution in [3.63, 3.8) is 0 Å². The van der Waals surface area contributed by atoms with E-state index in [0.717, 1.165) is 4.90 Å². The Kier molecular flexibility index (Phi) is 8.59. The molecule has 6 rings (SSSR count). The highest BCUT2D eigenvalue weighted by molar-refractivity contribution is 5.98. The van der Waals surface area contributed by atoms with Gasteiger partial charge in [0.15, 0.2) is 11.5 Å². The molecule has 0 fully saturated rings. The highest BCUT2D eigenvalue weighted by Crippen LogP contribution is 2.51. The first kappa shape index (κ1) is 31.0. The molecule has 1 aliphatic carbocycles. The Hall–Kier alpha value is -5.04. The van der Waals surface area contributed by atoms with E-state index in [1.165, 1.54) is 37.5 Å². The number of fused-ring (bicyclic) bond motifs is 4. The molecule has 0 bridgehead atoms. The number of aliphatic hydroxyl groups excluding tert-OH is 3. The molecular formula is C34H31FN2O9. The third-order valence-corrected chi connectivity index (χ3v) is 8.29. The van der Waals surface area contributed by atoms with Gasteiger partial charge in [0.05, 0.1) is 32.3 Å². The molecule has 3 aromatic carbocycles. The summed E-state index contributed by atoms with van der Waals surface area (Å²) in [5.41, 5.74) is 0.127. The molecule has 12 heteroatoms. The van der Waals surface area contributed by atoms with Gasteiger partial charge in [0.2, 0.25) is 5.91 Å². The fourth-order valence-corrected chi connectivity index (χ4v) is 6.11. The van der Waals surface area contributed by atoms with E-state index >= 15 is 4.39 Å². The molecule has 46 heavy (non-hydrogen) atoms. The van der Waals surface area contributed by atoms with Gasteiger partial charge in [-0.1, -0.05) is 36.4 Å². The lowest BCUT2D eigenvalue weighted by Crippen LogP contribution is -2.56. The maximum Gasteiger partial charge on any atom is 0.349 e. The van der Waals surface area contributed by atoms with Crippen molar-refractivity contribution in [3.8, 4) is 11.5 Å². The van der Waals surface area contributed by atoms with Crippen molar-refractivity contribution in [2.75, 3.05) is 20.3 Å². The molecule has 4 unspecified atom stereocenters. The van der Waals surface area contributed by atoms with Crippen molar-refractivity contribution in [1.29, 1.82) is 0 Å². The number of benzene rings is 3. The van der Waals surface area contributed by atoms with Gasteiger partial charge in [0, 0.05) is 35.2 Å². The van der Waals surface area contributed by atoms with E-state index in [4.69, 9.17) is 13.9 Å². The van der Waals surface area contributed by atoms with E-state index in [1.54, 1.807) is 42.5 Å². The average Bonchev–Trinajstić information content (AvgIpc) is 3.46. The summed E-state index contributed by atoms with van der Waals surface area (Å²) in [6.07, 6.45) is -1.22. The summed E-state index contributed by atoms with van der Waals surface area (Å²) in [4.78, 5) is 42.1. The Morgan fingerprint density at radius 3 is 2.57 bits per heavy atom. The molecule has 0 radical (unpaired) electrons. The number of carbonyl (C=O) groups excluding carboxylic acids is 2. The van der Waals surface area contributed by atoms with Crippen LogP contribution in [0, 0.1) is 5.82 Å². The van der Waals surface area contributed by atoms with Crippen LogP contribution in [-0.4, -0.2) is 70.5 Å². The minimum absolute atomic E-state index is 0.0789. The third kappa shape index (κ3) is 5.51. The quantitative estimate of drug-likeness (QED) is 0.204. The van der Waals surface area contributed by atoms with E-state index in [0.29, 0.717) is 16.5 Å². The van der Waals surface area contributed by atoms with Crippen molar-refractivity contribution in [2.45, 2.75) is 37.3 Å². The van der Waals surface area contributed by atoms with E-state index in [9.17, 15) is 29.7 Å². The number of methoxy groups -OCH3 is 1. The van der Waals surface area contributed by atoms with Gasteiger partial charge in [-0.2, -0.15) is 0 Å². The van der Waals surface area contributed by atoms with Gasteiger partial charge in [-0.05, 0) is 42.0 Å². The SMILES string of the molecule is COc1cc(CO)cc2c1OC1C2C(C(=O)NCCO)=CC(N(Cc2ccccc2F)C(=O)c2cc3ccccc3oc2=O)C1O. The minimum Gasteiger partial charge on any atom is -0.493 e. The molecule has 4 atom stereocenters. The normalized spacial score (nSPS) is 19.9. The van der Waals surface area contributed by atoms with Crippen molar-refractivity contribution in [1.82, 2.24) is 10.2 Å². The maximum absolute atomic E-state index is 15.0. The second kappa shape index (κ2) is 12.8. The monoisotopic (exact) mass is 630 g/mol. The molecule has 11 nitrogen and oxygen atoms in total. The van der Waals surface area contributed by atoms with Crippen molar-refractivity contribution in [3.05, 3.63) is 117 Å². The first-order valence-corrected chi connectivity index (χ1v) is 14.6. The summed E-state index contributed by atoms with van der Waals surface area (Å²) in [5.74, 6) is -2.44. The van der Waals surface area contributed by atoms with E-state index in [-0.39, 0.29) is 60.1 Å². The molecule has 238 valence electrons. The van der Waals surface area contributed by atoms with E-state index < -0.39 is 47.4 Å². The Balaban J connectivity index is 1.51. The van der Waals surface area contributed by atoms with Crippen molar-refractivity contribution >= 4 is 22.8 Å². The smallest absolute Gasteiger partial charge is 0.349 e. The summed E-state index contributed by atoms with van der Waals surface area (Å²) >= 11 is 0. The Morgan fingerprint density at radius 2 is 1.83 bits per heavy atom. The summed E-state index contributed by atoms with van der Waals surface area (Å²) < 4.78 is 32.2. The topological polar surface area (TPSA) is 159 Å². The zero-order chi connectivity index (χ0) is 32.5. The number of rotatable bonds is 9. The van der Waals surface area contributed by atoms with Crippen LogP contribution in [0.4, 0.5) is 4.39 Å². The van der Waals surface area contributed by atoms with Crippen LogP contribution in [0.3, 0.4) is 0 Å². The van der Waals surface area contributed by atoms with Gasteiger partial charge < -0.3 is 39.4 Å². The molecule has 0 saturated heterocycles. The minimum atomic E-state index is -1.49. The standard InChI is InChI=1S/C34H31FN2O9/c1-44-27-13-18(17-39)12-21-28-22(32(41)36-10-11-38)15-25(29(40)31(28)46-30(21)27)37(16-20-7-2-4-8-24(20)35)33(42)23-14-19-6-3-5-9-26(19)45-34(23)43/h2-9,12-15,25,28-29,31,38-40H,10-11,16-17H2,1H3,(H,36,41). The van der Waals surface area contributed by atoms with E-state index in [1.807, 2.05) is 0 Å². The molecular weight excluding hydrogens is 599 g/mol. The molecule has 4 N–H and O–H groups in total. The van der Waals surface area contributed by atoms with E-state index in [2.05, 4.69) is 5.32 Å². The highest BCUT2D eigenvalue weighted by atomic mass is 19.1. The fourth-order valence-electron chi connectivity index (χ4n) is 6.11. The van der Waals surface area contributed by atoms with Crippen LogP contribution in [0.2, 0.25) is 0 Å². The fraction of sp³-hybridized carbons (Fsp3) is 0.265. The molecule has 2 aliphatic rings. The molecule has 4 aromatic rings. The predicted molar refractivity (Wildman–Crippen MR) is 163 cm³/mol. The Morgan fingerprint density at radius 1 is 1.07 bits per heavy atom. The number of amides is 2. The van der Waals surface area contributed by atoms with Crippen LogP contribution in [0.15, 0.2) is 87.6 Å². The van der Waals surface area contributed by atoms with Gasteiger partial charge in [0.1, 0.15) is 29.2 Å². The second-order valence-corrected chi connectivity index (χ2v) is 11.0. The second-order valence-electron chi connectivity index (χ2n) is 11.0. The Bertz CT molecular complexity index is 1910. The number of carbonyl (C=O) groups is 2. The van der Waals surface area contributed by atoms with Gasteiger partial charge in [-0.3, -0.25) is 9.59 Å². The lowest BCUT2D eigenvalue weighted by Gasteiger charge is -2.40. The third-order valence-electron chi connectivity index (χ3n) is 8.29. The lowest BCUT2D eigenvalue weighted by atomic mass is 9.77. The van der Waals surface area contributed by atoms with Crippen LogP contribution in [0.5, 0.6) is 11.5 Å². The number of halogens is 1. The number of ether oxygens (including phenoxy) is 2. The van der Waals surface area contributed by atoms with Crippen LogP contribution in [-0.2, 0) is 17.9 Å². The molecule has 1 aliphatic heterocycles. The molecule has 0 saturated carbocycles. The van der Waals surface area contributed by atoms with Gasteiger partial charge in [-0.15, -0.1) is 0 Å². The molecule has 2 heterocycles. The van der Waals surface area contributed by atoms with Crippen molar-refractivity contribution < 1.29 is 43.2 Å². The first-order chi connectivity index (χ1) is 22.2. The summed E-state index contributed by atoms with van der Waals surface area (Å²) in [5, 5.41) is 34.3. The molecule has 1 aromatic heterocycles. The van der Waals surface area contributed by atoms with Crippen molar-refractivity contribution in [2.24, 2.45) is 0 Å². The summed E-state index contributed by atoms with van der Waals surface area (Å²) in [6.45, 7) is -1.14. The number of nitrogens with zero attached hydrogens (tertiary/aromatic N) is 1. The summed E-state index contributed by atoms with van der Waals surface area (Å²) in [7, 11) is 1.41. The Labute approximate surface area is 262 Å². The first-order valence-electron chi connectivity index (χ1n) is 14.6. The van der Waals surface area contributed by atoms with Crippen LogP contribution < -0.4 is 20.4 Å². The zero-order valence-corrected chi connectivity index (χ0v) is 24.7. The number of hydrogen-bond donors (Lipinski definition) is 4. The van der Waals surface area contributed by atoms with Crippen LogP contribution in [0.25, 0.3) is 11.0 Å². The average molecular weight is 631 g/mol. The number of nitrogens with one attached hydrogen (secondary N) is 1. The van der Waals surface area contributed by atoms with Crippen LogP contribution in [0.1, 0.15) is 33.0 Å². The lowest BCUT2D eigenvalue weighted by molar-refractivity contribution is -0.118. The predicted octanol–water partition coefficient (Wildman–Crippen LogP) is 2.40. The maximum atomic E-state index is 15.0. The zero-order valence-electron chi connectivity index (χ0n) is 24.7. The molecule has 0 spiro atoms. The number of hydrogen-bond acceptors (Lipinski definition) is 9. The number of para-hydroxylation sites is 1. The van der Waals surface area contributed by atoms with Gasteiger partial charge in [-0.25, -0.2) is 9.18 Å². The molecule has 2 amide bonds. The summed E-state index contributed by atoms with van der Waals surface area (Å²) in [6, 6.07) is 15.7. The van der Waals surface area contributed by atoms with Gasteiger partial charge >= 0.3 is 5.63 Å². The highest BCUT2D eigenvalue weighted by Gasteiger charge is 2.51. The van der Waals surface area contributed by atoms with Crippen LogP contribution >= 0.6 is 0 Å². The number of aliphatic hydroxyl groups is 3.